The number of rotatable bonds is 4. The fourth-order valence-electron chi connectivity index (χ4n) is 4.56. The van der Waals surface area contributed by atoms with Crippen LogP contribution >= 0.6 is 0 Å². The summed E-state index contributed by atoms with van der Waals surface area (Å²) in [7, 11) is 0. The molecular weight excluding hydrogens is 344 g/mol. The van der Waals surface area contributed by atoms with Gasteiger partial charge in [-0.15, -0.1) is 0 Å². The van der Waals surface area contributed by atoms with E-state index in [1.54, 1.807) is 0 Å². The minimum atomic E-state index is 0.178. The van der Waals surface area contributed by atoms with Crippen LogP contribution < -0.4 is 0 Å². The van der Waals surface area contributed by atoms with Crippen LogP contribution in [0.25, 0.3) is 11.1 Å². The highest BCUT2D eigenvalue weighted by atomic mass is 16.2. The Morgan fingerprint density at radius 1 is 0.714 bits per heavy atom. The van der Waals surface area contributed by atoms with E-state index in [0.29, 0.717) is 6.04 Å². The summed E-state index contributed by atoms with van der Waals surface area (Å²) in [5.41, 5.74) is 4.59. The van der Waals surface area contributed by atoms with Crippen molar-refractivity contribution in [3.05, 3.63) is 59.7 Å². The Morgan fingerprint density at radius 2 is 1.21 bits per heavy atom. The molecule has 1 amide bonds. The van der Waals surface area contributed by atoms with Gasteiger partial charge in [-0.2, -0.15) is 0 Å². The van der Waals surface area contributed by atoms with E-state index in [9.17, 15) is 4.79 Å². The number of amides is 1. The van der Waals surface area contributed by atoms with Crippen molar-refractivity contribution < 1.29 is 4.79 Å². The predicted molar refractivity (Wildman–Crippen MR) is 115 cm³/mol. The van der Waals surface area contributed by atoms with Crippen LogP contribution in [0.2, 0.25) is 0 Å². The Bertz CT molecular complexity index is 769. The number of likely N-dealkylation sites (tertiary alicyclic amines) is 2. The average Bonchev–Trinajstić information content (AvgIpc) is 2.79. The second-order valence-corrected chi connectivity index (χ2v) is 8.32. The van der Waals surface area contributed by atoms with Crippen LogP contribution in [-0.4, -0.2) is 41.9 Å². The summed E-state index contributed by atoms with van der Waals surface area (Å²) in [5.74, 6) is 0.178. The Labute approximate surface area is 169 Å². The molecule has 3 heteroatoms. The molecule has 1 atom stereocenters. The van der Waals surface area contributed by atoms with Crippen molar-refractivity contribution in [1.29, 1.82) is 0 Å². The smallest absolute Gasteiger partial charge is 0.253 e. The van der Waals surface area contributed by atoms with Crippen LogP contribution in [0.15, 0.2) is 48.5 Å². The van der Waals surface area contributed by atoms with Gasteiger partial charge in [0.15, 0.2) is 0 Å². The highest BCUT2D eigenvalue weighted by Crippen LogP contribution is 2.27. The zero-order valence-corrected chi connectivity index (χ0v) is 17.1. The Balaban J connectivity index is 1.43. The fourth-order valence-corrected chi connectivity index (χ4v) is 4.56. The second-order valence-electron chi connectivity index (χ2n) is 8.32. The summed E-state index contributed by atoms with van der Waals surface area (Å²) in [6, 6.07) is 17.6. The third-order valence-corrected chi connectivity index (χ3v) is 6.44. The number of carbonyl (C=O) groups is 1. The maximum atomic E-state index is 12.6. The SMILES string of the molecule is CC(c1ccc(-c2ccc(C(=O)N3CCCCC3)cc2)cc1)N1CCCCC1. The zero-order chi connectivity index (χ0) is 19.3. The van der Waals surface area contributed by atoms with Crippen LogP contribution in [0.1, 0.15) is 67.4 Å². The Kier molecular flexibility index (Phi) is 6.11. The molecule has 0 aliphatic carbocycles. The summed E-state index contributed by atoms with van der Waals surface area (Å²) in [4.78, 5) is 17.2. The van der Waals surface area contributed by atoms with Gasteiger partial charge in [0, 0.05) is 24.7 Å². The fraction of sp³-hybridized carbons (Fsp3) is 0.480. The molecule has 0 spiro atoms. The average molecular weight is 377 g/mol. The molecule has 0 saturated carbocycles. The maximum Gasteiger partial charge on any atom is 0.253 e. The van der Waals surface area contributed by atoms with Crippen LogP contribution in [0.4, 0.5) is 0 Å². The molecule has 2 aromatic rings. The van der Waals surface area contributed by atoms with Crippen molar-refractivity contribution in [2.75, 3.05) is 26.2 Å². The third kappa shape index (κ3) is 4.30. The predicted octanol–water partition coefficient (Wildman–Crippen LogP) is 5.53. The summed E-state index contributed by atoms with van der Waals surface area (Å²) < 4.78 is 0. The molecule has 0 bridgehead atoms. The molecular formula is C25H32N2O. The molecule has 2 aromatic carbocycles. The molecule has 4 rings (SSSR count). The molecule has 28 heavy (non-hydrogen) atoms. The lowest BCUT2D eigenvalue weighted by atomic mass is 9.98. The van der Waals surface area contributed by atoms with Gasteiger partial charge >= 0.3 is 0 Å². The van der Waals surface area contributed by atoms with E-state index in [0.717, 1.165) is 31.5 Å². The van der Waals surface area contributed by atoms with E-state index in [-0.39, 0.29) is 5.91 Å². The molecule has 2 fully saturated rings. The van der Waals surface area contributed by atoms with Gasteiger partial charge in [0.1, 0.15) is 0 Å². The van der Waals surface area contributed by atoms with Crippen molar-refractivity contribution in [2.24, 2.45) is 0 Å². The van der Waals surface area contributed by atoms with Crippen LogP contribution in [0.3, 0.4) is 0 Å². The molecule has 2 saturated heterocycles. The summed E-state index contributed by atoms with van der Waals surface area (Å²) >= 11 is 0. The first kappa shape index (κ1) is 19.2. The molecule has 2 aliphatic heterocycles. The Morgan fingerprint density at radius 3 is 1.79 bits per heavy atom. The first-order valence-electron chi connectivity index (χ1n) is 11.0. The molecule has 2 aliphatic rings. The summed E-state index contributed by atoms with van der Waals surface area (Å²) in [6.07, 6.45) is 7.53. The molecule has 2 heterocycles. The van der Waals surface area contributed by atoms with Gasteiger partial charge in [-0.05, 0) is 80.9 Å². The summed E-state index contributed by atoms with van der Waals surface area (Å²) in [5, 5.41) is 0. The van der Waals surface area contributed by atoms with Crippen molar-refractivity contribution in [3.8, 4) is 11.1 Å². The largest absolute Gasteiger partial charge is 0.339 e. The van der Waals surface area contributed by atoms with E-state index in [1.807, 2.05) is 17.0 Å². The molecule has 3 nitrogen and oxygen atoms in total. The number of hydrogen-bond donors (Lipinski definition) is 0. The topological polar surface area (TPSA) is 23.6 Å². The lowest BCUT2D eigenvalue weighted by molar-refractivity contribution is 0.0724. The van der Waals surface area contributed by atoms with Gasteiger partial charge in [0.2, 0.25) is 0 Å². The standard InChI is InChI=1S/C25H32N2O/c1-20(26-16-4-2-5-17-26)21-8-10-22(11-9-21)23-12-14-24(15-13-23)25(28)27-18-6-3-7-19-27/h8-15,20H,2-7,16-19H2,1H3. The number of hydrogen-bond acceptors (Lipinski definition) is 2. The molecule has 0 N–H and O–H groups in total. The Hall–Kier alpha value is -2.13. The van der Waals surface area contributed by atoms with Gasteiger partial charge in [-0.25, -0.2) is 0 Å². The second kappa shape index (κ2) is 8.91. The highest BCUT2D eigenvalue weighted by Gasteiger charge is 2.19. The third-order valence-electron chi connectivity index (χ3n) is 6.44. The van der Waals surface area contributed by atoms with Crippen LogP contribution in [-0.2, 0) is 0 Å². The lowest BCUT2D eigenvalue weighted by Crippen LogP contribution is -2.35. The minimum absolute atomic E-state index is 0.178. The van der Waals surface area contributed by atoms with E-state index in [1.165, 1.54) is 55.5 Å². The first-order valence-corrected chi connectivity index (χ1v) is 11.0. The number of carbonyl (C=O) groups excluding carboxylic acids is 1. The van der Waals surface area contributed by atoms with Crippen LogP contribution in [0.5, 0.6) is 0 Å². The number of piperidine rings is 2. The molecule has 148 valence electrons. The molecule has 1 unspecified atom stereocenters. The van der Waals surface area contributed by atoms with Crippen molar-refractivity contribution in [2.45, 2.75) is 51.5 Å². The van der Waals surface area contributed by atoms with Crippen molar-refractivity contribution in [3.63, 3.8) is 0 Å². The number of benzene rings is 2. The van der Waals surface area contributed by atoms with Crippen LogP contribution in [0, 0.1) is 0 Å². The normalized spacial score (nSPS) is 19.4. The zero-order valence-electron chi connectivity index (χ0n) is 17.1. The lowest BCUT2D eigenvalue weighted by Gasteiger charge is -2.32. The molecule has 0 radical (unpaired) electrons. The maximum absolute atomic E-state index is 12.6. The number of nitrogens with zero attached hydrogens (tertiary/aromatic N) is 2. The minimum Gasteiger partial charge on any atom is -0.339 e. The van der Waals surface area contributed by atoms with Crippen molar-refractivity contribution >= 4 is 5.91 Å². The van der Waals surface area contributed by atoms with Gasteiger partial charge < -0.3 is 4.90 Å². The highest BCUT2D eigenvalue weighted by molar-refractivity contribution is 5.94. The van der Waals surface area contributed by atoms with E-state index >= 15 is 0 Å². The van der Waals surface area contributed by atoms with E-state index in [2.05, 4.69) is 48.2 Å². The quantitative estimate of drug-likeness (QED) is 0.701. The van der Waals surface area contributed by atoms with E-state index < -0.39 is 0 Å². The molecule has 0 aromatic heterocycles. The van der Waals surface area contributed by atoms with Gasteiger partial charge in [0.05, 0.1) is 0 Å². The van der Waals surface area contributed by atoms with E-state index in [4.69, 9.17) is 0 Å². The van der Waals surface area contributed by atoms with Gasteiger partial charge in [-0.3, -0.25) is 9.69 Å². The first-order chi connectivity index (χ1) is 13.7. The van der Waals surface area contributed by atoms with Gasteiger partial charge in [-0.1, -0.05) is 42.8 Å². The van der Waals surface area contributed by atoms with Crippen molar-refractivity contribution in [1.82, 2.24) is 9.80 Å². The monoisotopic (exact) mass is 376 g/mol. The van der Waals surface area contributed by atoms with Gasteiger partial charge in [0.25, 0.3) is 5.91 Å². The summed E-state index contributed by atoms with van der Waals surface area (Å²) in [6.45, 7) is 6.56.